The molecular weight excluding hydrogens is 254 g/mol. The topological polar surface area (TPSA) is 29.9 Å². The molecule has 2 rings (SSSR count). The first-order chi connectivity index (χ1) is 9.03. The van der Waals surface area contributed by atoms with Crippen LogP contribution < -0.4 is 5.32 Å². The van der Waals surface area contributed by atoms with Crippen LogP contribution in [-0.2, 0) is 12.0 Å². The lowest BCUT2D eigenvalue weighted by atomic mass is 9.91. The molecule has 0 radical (unpaired) electrons. The first-order valence-electron chi connectivity index (χ1n) is 6.45. The number of rotatable bonds is 6. The Labute approximate surface area is 119 Å². The standard InChI is InChI=1S/C15H21N3S/c1-5-8-16-14-17-12(2)10-18(14)11-15(3,4)13-7-6-9-19-13/h5-7,9-10H,1,8,11H2,2-4H3,(H,16,17). The van der Waals surface area contributed by atoms with Crippen LogP contribution in [0.3, 0.4) is 0 Å². The summed E-state index contributed by atoms with van der Waals surface area (Å²) >= 11 is 1.81. The number of hydrogen-bond acceptors (Lipinski definition) is 3. The van der Waals surface area contributed by atoms with Crippen molar-refractivity contribution in [3.8, 4) is 0 Å². The fourth-order valence-electron chi connectivity index (χ4n) is 2.14. The molecule has 0 saturated carbocycles. The number of thiophene rings is 1. The van der Waals surface area contributed by atoms with Crippen molar-refractivity contribution in [3.05, 3.63) is 46.9 Å². The summed E-state index contributed by atoms with van der Waals surface area (Å²) < 4.78 is 2.19. The molecule has 2 aromatic rings. The molecule has 0 unspecified atom stereocenters. The lowest BCUT2D eigenvalue weighted by Gasteiger charge is -2.24. The van der Waals surface area contributed by atoms with Crippen LogP contribution in [-0.4, -0.2) is 16.1 Å². The summed E-state index contributed by atoms with van der Waals surface area (Å²) in [5, 5.41) is 5.42. The smallest absolute Gasteiger partial charge is 0.203 e. The normalized spacial score (nSPS) is 11.5. The Bertz CT molecular complexity index is 538. The predicted molar refractivity (Wildman–Crippen MR) is 83.0 cm³/mol. The summed E-state index contributed by atoms with van der Waals surface area (Å²) in [6.07, 6.45) is 3.94. The van der Waals surface area contributed by atoms with E-state index in [-0.39, 0.29) is 5.41 Å². The van der Waals surface area contributed by atoms with Crippen LogP contribution in [0.5, 0.6) is 0 Å². The van der Waals surface area contributed by atoms with Crippen molar-refractivity contribution >= 4 is 17.3 Å². The second-order valence-corrected chi connectivity index (χ2v) is 6.31. The summed E-state index contributed by atoms with van der Waals surface area (Å²) in [4.78, 5) is 5.92. The van der Waals surface area contributed by atoms with E-state index in [0.717, 1.165) is 24.7 Å². The molecule has 102 valence electrons. The van der Waals surface area contributed by atoms with E-state index >= 15 is 0 Å². The molecule has 3 nitrogen and oxygen atoms in total. The highest BCUT2D eigenvalue weighted by molar-refractivity contribution is 7.10. The van der Waals surface area contributed by atoms with Crippen molar-refractivity contribution in [3.63, 3.8) is 0 Å². The highest BCUT2D eigenvalue weighted by Crippen LogP contribution is 2.30. The largest absolute Gasteiger partial charge is 0.352 e. The molecule has 0 spiro atoms. The second kappa shape index (κ2) is 5.61. The molecule has 0 fully saturated rings. The van der Waals surface area contributed by atoms with Crippen molar-refractivity contribution in [2.24, 2.45) is 0 Å². The Kier molecular flexibility index (Phi) is 4.10. The average Bonchev–Trinajstić information content (AvgIpc) is 2.96. The molecule has 0 aromatic carbocycles. The lowest BCUT2D eigenvalue weighted by Crippen LogP contribution is -2.24. The molecule has 0 aliphatic carbocycles. The third-order valence-corrected chi connectivity index (χ3v) is 4.29. The maximum absolute atomic E-state index is 4.52. The minimum Gasteiger partial charge on any atom is -0.352 e. The molecule has 2 aromatic heterocycles. The van der Waals surface area contributed by atoms with Gasteiger partial charge in [-0.15, -0.1) is 17.9 Å². The van der Waals surface area contributed by atoms with Crippen molar-refractivity contribution in [1.82, 2.24) is 9.55 Å². The Morgan fingerprint density at radius 1 is 1.53 bits per heavy atom. The van der Waals surface area contributed by atoms with E-state index < -0.39 is 0 Å². The molecule has 0 amide bonds. The van der Waals surface area contributed by atoms with Gasteiger partial charge >= 0.3 is 0 Å². The maximum atomic E-state index is 4.52. The molecule has 19 heavy (non-hydrogen) atoms. The summed E-state index contributed by atoms with van der Waals surface area (Å²) in [5.74, 6) is 0.919. The fourth-order valence-corrected chi connectivity index (χ4v) is 2.98. The molecule has 0 aliphatic heterocycles. The minimum absolute atomic E-state index is 0.103. The van der Waals surface area contributed by atoms with Gasteiger partial charge in [-0.1, -0.05) is 26.0 Å². The van der Waals surface area contributed by atoms with Gasteiger partial charge in [0.25, 0.3) is 0 Å². The van der Waals surface area contributed by atoms with Crippen molar-refractivity contribution in [2.75, 3.05) is 11.9 Å². The van der Waals surface area contributed by atoms with Gasteiger partial charge in [0.2, 0.25) is 5.95 Å². The first-order valence-corrected chi connectivity index (χ1v) is 7.33. The molecule has 0 atom stereocenters. The SMILES string of the molecule is C=CCNc1nc(C)cn1CC(C)(C)c1cccs1. The second-order valence-electron chi connectivity index (χ2n) is 5.36. The van der Waals surface area contributed by atoms with Crippen molar-refractivity contribution < 1.29 is 0 Å². The van der Waals surface area contributed by atoms with E-state index in [1.807, 2.05) is 24.3 Å². The lowest BCUT2D eigenvalue weighted by molar-refractivity contribution is 0.445. The minimum atomic E-state index is 0.103. The summed E-state index contributed by atoms with van der Waals surface area (Å²) in [5.41, 5.74) is 1.14. The van der Waals surface area contributed by atoms with Gasteiger partial charge in [0.1, 0.15) is 0 Å². The van der Waals surface area contributed by atoms with E-state index in [9.17, 15) is 0 Å². The van der Waals surface area contributed by atoms with Gasteiger partial charge in [0.05, 0.1) is 5.69 Å². The van der Waals surface area contributed by atoms with Crippen LogP contribution in [0.1, 0.15) is 24.4 Å². The Morgan fingerprint density at radius 3 is 2.95 bits per heavy atom. The van der Waals surface area contributed by atoms with Crippen LogP contribution >= 0.6 is 11.3 Å². The predicted octanol–water partition coefficient (Wildman–Crippen LogP) is 3.83. The van der Waals surface area contributed by atoms with Crippen LogP contribution in [0, 0.1) is 6.92 Å². The molecule has 1 N–H and O–H groups in total. The molecule has 0 aliphatic rings. The van der Waals surface area contributed by atoms with E-state index in [4.69, 9.17) is 0 Å². The number of aromatic nitrogens is 2. The number of anilines is 1. The zero-order valence-corrected chi connectivity index (χ0v) is 12.6. The number of nitrogens with one attached hydrogen (secondary N) is 1. The monoisotopic (exact) mass is 275 g/mol. The zero-order valence-electron chi connectivity index (χ0n) is 11.8. The fraction of sp³-hybridized carbons (Fsp3) is 0.400. The quantitative estimate of drug-likeness (QED) is 0.812. The maximum Gasteiger partial charge on any atom is 0.203 e. The number of nitrogens with zero attached hydrogens (tertiary/aromatic N) is 2. The summed E-state index contributed by atoms with van der Waals surface area (Å²) in [7, 11) is 0. The van der Waals surface area contributed by atoms with E-state index in [0.29, 0.717) is 0 Å². The van der Waals surface area contributed by atoms with Gasteiger partial charge < -0.3 is 9.88 Å². The van der Waals surface area contributed by atoms with Gasteiger partial charge in [-0.25, -0.2) is 4.98 Å². The third-order valence-electron chi connectivity index (χ3n) is 3.06. The van der Waals surface area contributed by atoms with Crippen LogP contribution in [0.25, 0.3) is 0 Å². The summed E-state index contributed by atoms with van der Waals surface area (Å²) in [6, 6.07) is 4.31. The van der Waals surface area contributed by atoms with Crippen LogP contribution in [0.15, 0.2) is 36.4 Å². The number of imidazole rings is 1. The number of hydrogen-bond donors (Lipinski definition) is 1. The third kappa shape index (κ3) is 3.26. The van der Waals surface area contributed by atoms with Crippen molar-refractivity contribution in [2.45, 2.75) is 32.7 Å². The van der Waals surface area contributed by atoms with Crippen molar-refractivity contribution in [1.29, 1.82) is 0 Å². The van der Waals surface area contributed by atoms with Gasteiger partial charge in [0, 0.05) is 29.6 Å². The van der Waals surface area contributed by atoms with Gasteiger partial charge in [-0.2, -0.15) is 0 Å². The summed E-state index contributed by atoms with van der Waals surface area (Å²) in [6.45, 7) is 11.9. The number of aryl methyl sites for hydroxylation is 1. The van der Waals surface area contributed by atoms with Crippen LogP contribution in [0.2, 0.25) is 0 Å². The van der Waals surface area contributed by atoms with E-state index in [1.54, 1.807) is 0 Å². The Morgan fingerprint density at radius 2 is 2.32 bits per heavy atom. The Hall–Kier alpha value is -1.55. The van der Waals surface area contributed by atoms with Gasteiger partial charge in [0.15, 0.2) is 0 Å². The molecule has 0 bridgehead atoms. The van der Waals surface area contributed by atoms with Crippen LogP contribution in [0.4, 0.5) is 5.95 Å². The molecule has 2 heterocycles. The molecule has 0 saturated heterocycles. The highest BCUT2D eigenvalue weighted by Gasteiger charge is 2.23. The first kappa shape index (κ1) is 13.9. The molecule has 4 heteroatoms. The average molecular weight is 275 g/mol. The van der Waals surface area contributed by atoms with E-state index in [2.05, 4.69) is 59.0 Å². The van der Waals surface area contributed by atoms with Gasteiger partial charge in [-0.3, -0.25) is 0 Å². The van der Waals surface area contributed by atoms with Gasteiger partial charge in [-0.05, 0) is 18.4 Å². The zero-order chi connectivity index (χ0) is 13.9. The molecular formula is C15H21N3S. The Balaban J connectivity index is 2.20. The van der Waals surface area contributed by atoms with E-state index in [1.165, 1.54) is 4.88 Å². The highest BCUT2D eigenvalue weighted by atomic mass is 32.1.